The number of alkyl carbamates (subject to hydrolysis) is 1. The fourth-order valence-electron chi connectivity index (χ4n) is 4.64. The van der Waals surface area contributed by atoms with Gasteiger partial charge in [0.1, 0.15) is 5.60 Å². The lowest BCUT2D eigenvalue weighted by atomic mass is 9.87. The molecule has 3 atom stereocenters. The molecule has 0 radical (unpaired) electrons. The highest BCUT2D eigenvalue weighted by atomic mass is 16.6. The molecule has 1 amide bonds. The Morgan fingerprint density at radius 2 is 1.60 bits per heavy atom. The Hall–Kier alpha value is -3.41. The number of carbonyl (C=O) groups excluding carboxylic acids is 1. The standard InChI is InChI=1S/C30H34N2O3/c1-30(2,3)35-29(34)31-28-25-17-11-10-14-23(25)18-19-26(28)32(20-22-12-6-4-7-13-22)27(21-33)24-15-8-5-9-16-24/h4-19,26-28,33H,20-21H2,1-3H3,(H,31,34)/t26-,27-,28-/m0/s1. The van der Waals surface area contributed by atoms with Gasteiger partial charge in [-0.3, -0.25) is 4.90 Å². The number of aliphatic hydroxyl groups excluding tert-OH is 1. The molecular formula is C30H34N2O3. The SMILES string of the molecule is CC(C)(C)OC(=O)N[C@H]1c2ccccc2C=C[C@@H]1N(Cc1ccccc1)[C@@H](CO)c1ccccc1. The summed E-state index contributed by atoms with van der Waals surface area (Å²) in [6.45, 7) is 6.12. The van der Waals surface area contributed by atoms with Gasteiger partial charge in [0.05, 0.1) is 24.7 Å². The fraction of sp³-hybridized carbons (Fsp3) is 0.300. The van der Waals surface area contributed by atoms with Gasteiger partial charge in [-0.15, -0.1) is 0 Å². The number of benzene rings is 3. The summed E-state index contributed by atoms with van der Waals surface area (Å²) in [5, 5.41) is 13.7. The Morgan fingerprint density at radius 1 is 0.971 bits per heavy atom. The molecule has 5 heteroatoms. The summed E-state index contributed by atoms with van der Waals surface area (Å²) in [4.78, 5) is 15.2. The molecule has 4 rings (SSSR count). The first-order valence-electron chi connectivity index (χ1n) is 12.1. The molecule has 3 aromatic rings. The second-order valence-corrected chi connectivity index (χ2v) is 9.87. The van der Waals surface area contributed by atoms with Gasteiger partial charge in [-0.25, -0.2) is 4.79 Å². The van der Waals surface area contributed by atoms with Gasteiger partial charge in [0.15, 0.2) is 0 Å². The lowest BCUT2D eigenvalue weighted by Gasteiger charge is -2.42. The molecule has 0 saturated carbocycles. The van der Waals surface area contributed by atoms with E-state index in [0.29, 0.717) is 6.54 Å². The molecule has 0 spiro atoms. The average molecular weight is 471 g/mol. The van der Waals surface area contributed by atoms with Crippen LogP contribution in [0.15, 0.2) is 91.0 Å². The van der Waals surface area contributed by atoms with Crippen molar-refractivity contribution >= 4 is 12.2 Å². The van der Waals surface area contributed by atoms with Gasteiger partial charge in [0.25, 0.3) is 0 Å². The van der Waals surface area contributed by atoms with E-state index in [-0.39, 0.29) is 24.7 Å². The minimum atomic E-state index is -0.606. The second kappa shape index (κ2) is 10.9. The van der Waals surface area contributed by atoms with Crippen molar-refractivity contribution in [2.75, 3.05) is 6.61 Å². The first-order chi connectivity index (χ1) is 16.9. The van der Waals surface area contributed by atoms with Crippen molar-refractivity contribution in [1.29, 1.82) is 0 Å². The van der Waals surface area contributed by atoms with E-state index in [1.165, 1.54) is 0 Å². The van der Waals surface area contributed by atoms with Gasteiger partial charge in [-0.2, -0.15) is 0 Å². The summed E-state index contributed by atoms with van der Waals surface area (Å²) in [6, 6.07) is 27.5. The minimum absolute atomic E-state index is 0.0536. The average Bonchev–Trinajstić information content (AvgIpc) is 2.84. The lowest BCUT2D eigenvalue weighted by Crippen LogP contribution is -2.49. The molecule has 2 N–H and O–H groups in total. The maximum absolute atomic E-state index is 12.9. The fourth-order valence-corrected chi connectivity index (χ4v) is 4.64. The molecule has 0 aromatic heterocycles. The van der Waals surface area contributed by atoms with E-state index in [2.05, 4.69) is 34.5 Å². The van der Waals surface area contributed by atoms with E-state index in [9.17, 15) is 9.90 Å². The third-order valence-corrected chi connectivity index (χ3v) is 6.17. The van der Waals surface area contributed by atoms with Crippen LogP contribution in [0.25, 0.3) is 6.08 Å². The Labute approximate surface area is 208 Å². The number of rotatable bonds is 7. The predicted molar refractivity (Wildman–Crippen MR) is 140 cm³/mol. The van der Waals surface area contributed by atoms with E-state index >= 15 is 0 Å². The van der Waals surface area contributed by atoms with Crippen molar-refractivity contribution in [3.05, 3.63) is 113 Å². The van der Waals surface area contributed by atoms with Gasteiger partial charge in [0.2, 0.25) is 0 Å². The molecule has 0 fully saturated rings. The normalized spacial score (nSPS) is 18.1. The van der Waals surface area contributed by atoms with Crippen molar-refractivity contribution in [3.63, 3.8) is 0 Å². The Balaban J connectivity index is 1.76. The maximum Gasteiger partial charge on any atom is 0.408 e. The van der Waals surface area contributed by atoms with Crippen LogP contribution in [-0.4, -0.2) is 34.3 Å². The maximum atomic E-state index is 12.9. The molecule has 3 aromatic carbocycles. The zero-order valence-electron chi connectivity index (χ0n) is 20.6. The van der Waals surface area contributed by atoms with Crippen LogP contribution in [0, 0.1) is 0 Å². The van der Waals surface area contributed by atoms with E-state index in [1.54, 1.807) is 0 Å². The smallest absolute Gasteiger partial charge is 0.408 e. The Kier molecular flexibility index (Phi) is 7.69. The number of aliphatic hydroxyl groups is 1. The van der Waals surface area contributed by atoms with Crippen molar-refractivity contribution in [2.45, 2.75) is 51.0 Å². The number of fused-ring (bicyclic) bond motifs is 1. The minimum Gasteiger partial charge on any atom is -0.444 e. The number of ether oxygens (including phenoxy) is 1. The van der Waals surface area contributed by atoms with Gasteiger partial charge in [-0.1, -0.05) is 97.1 Å². The molecule has 1 aliphatic rings. The Morgan fingerprint density at radius 3 is 2.26 bits per heavy atom. The monoisotopic (exact) mass is 470 g/mol. The predicted octanol–water partition coefficient (Wildman–Crippen LogP) is 5.88. The quantitative estimate of drug-likeness (QED) is 0.452. The second-order valence-electron chi connectivity index (χ2n) is 9.87. The van der Waals surface area contributed by atoms with Crippen molar-refractivity contribution in [2.24, 2.45) is 0 Å². The number of nitrogens with zero attached hydrogens (tertiary/aromatic N) is 1. The number of hydrogen-bond donors (Lipinski definition) is 2. The molecule has 182 valence electrons. The third-order valence-electron chi connectivity index (χ3n) is 6.17. The van der Waals surface area contributed by atoms with Crippen LogP contribution >= 0.6 is 0 Å². The van der Waals surface area contributed by atoms with Crippen LogP contribution in [0.3, 0.4) is 0 Å². The molecule has 0 heterocycles. The summed E-state index contributed by atoms with van der Waals surface area (Å²) in [5.74, 6) is 0. The number of hydrogen-bond acceptors (Lipinski definition) is 4. The molecule has 1 aliphatic carbocycles. The molecular weight excluding hydrogens is 436 g/mol. The van der Waals surface area contributed by atoms with E-state index in [1.807, 2.05) is 93.6 Å². The van der Waals surface area contributed by atoms with Crippen molar-refractivity contribution in [3.8, 4) is 0 Å². The molecule has 0 unspecified atom stereocenters. The van der Waals surface area contributed by atoms with Crippen LogP contribution in [0.5, 0.6) is 0 Å². The first kappa shape index (κ1) is 24.7. The number of amides is 1. The summed E-state index contributed by atoms with van der Waals surface area (Å²) >= 11 is 0. The summed E-state index contributed by atoms with van der Waals surface area (Å²) in [6.07, 6.45) is 3.77. The topological polar surface area (TPSA) is 61.8 Å². The zero-order chi connectivity index (χ0) is 24.8. The Bertz CT molecular complexity index is 1140. The van der Waals surface area contributed by atoms with E-state index in [4.69, 9.17) is 4.74 Å². The summed E-state index contributed by atoms with van der Waals surface area (Å²) in [5.41, 5.74) is 3.63. The van der Waals surface area contributed by atoms with Crippen LogP contribution in [0.4, 0.5) is 4.79 Å². The third kappa shape index (κ3) is 6.18. The van der Waals surface area contributed by atoms with Crippen molar-refractivity contribution in [1.82, 2.24) is 10.2 Å². The van der Waals surface area contributed by atoms with Crippen LogP contribution < -0.4 is 5.32 Å². The van der Waals surface area contributed by atoms with Gasteiger partial charge in [-0.05, 0) is 43.0 Å². The van der Waals surface area contributed by atoms with E-state index in [0.717, 1.165) is 22.3 Å². The highest BCUT2D eigenvalue weighted by molar-refractivity contribution is 5.70. The number of nitrogens with one attached hydrogen (secondary N) is 1. The first-order valence-corrected chi connectivity index (χ1v) is 12.1. The van der Waals surface area contributed by atoms with Gasteiger partial charge in [0, 0.05) is 6.54 Å². The molecule has 0 saturated heterocycles. The zero-order valence-corrected chi connectivity index (χ0v) is 20.6. The van der Waals surface area contributed by atoms with Crippen molar-refractivity contribution < 1.29 is 14.6 Å². The van der Waals surface area contributed by atoms with E-state index < -0.39 is 11.7 Å². The molecule has 0 bridgehead atoms. The van der Waals surface area contributed by atoms with Crippen LogP contribution in [0.2, 0.25) is 0 Å². The van der Waals surface area contributed by atoms with Gasteiger partial charge >= 0.3 is 6.09 Å². The molecule has 35 heavy (non-hydrogen) atoms. The highest BCUT2D eigenvalue weighted by Gasteiger charge is 2.36. The van der Waals surface area contributed by atoms with Crippen LogP contribution in [-0.2, 0) is 11.3 Å². The largest absolute Gasteiger partial charge is 0.444 e. The summed E-state index contributed by atoms with van der Waals surface area (Å²) < 4.78 is 5.63. The molecule has 0 aliphatic heterocycles. The number of carbonyl (C=O) groups is 1. The molecule has 5 nitrogen and oxygen atoms in total. The van der Waals surface area contributed by atoms with Crippen LogP contribution in [0.1, 0.15) is 55.1 Å². The summed E-state index contributed by atoms with van der Waals surface area (Å²) in [7, 11) is 0. The lowest BCUT2D eigenvalue weighted by molar-refractivity contribution is 0.0409. The highest BCUT2D eigenvalue weighted by Crippen LogP contribution is 2.36. The van der Waals surface area contributed by atoms with Gasteiger partial charge < -0.3 is 15.2 Å².